The van der Waals surface area contributed by atoms with Gasteiger partial charge in [-0.25, -0.2) is 4.98 Å². The summed E-state index contributed by atoms with van der Waals surface area (Å²) < 4.78 is 1.48. The molecule has 8 heteroatoms. The zero-order valence-electron chi connectivity index (χ0n) is 17.1. The summed E-state index contributed by atoms with van der Waals surface area (Å²) in [5.74, 6) is -1.18. The number of nitrogens with one attached hydrogen (secondary N) is 1. The topological polar surface area (TPSA) is 91.1 Å². The van der Waals surface area contributed by atoms with E-state index >= 15 is 0 Å². The zero-order valence-corrected chi connectivity index (χ0v) is 18.6. The van der Waals surface area contributed by atoms with Crippen molar-refractivity contribution in [3.8, 4) is 28.6 Å². The monoisotopic (exact) mass is 469 g/mol. The van der Waals surface area contributed by atoms with Crippen LogP contribution >= 0.6 is 23.2 Å². The quantitative estimate of drug-likeness (QED) is 0.297. The number of H-pyrrole nitrogens is 1. The van der Waals surface area contributed by atoms with Crippen LogP contribution in [0.4, 0.5) is 0 Å². The summed E-state index contributed by atoms with van der Waals surface area (Å²) in [6.07, 6.45) is 6.17. The minimum Gasteiger partial charge on any atom is -0.503 e. The van der Waals surface area contributed by atoms with Gasteiger partial charge in [0.2, 0.25) is 5.88 Å². The van der Waals surface area contributed by atoms with Gasteiger partial charge in [-0.3, -0.25) is 9.36 Å². The number of carbonyl (C=O) groups is 1. The van der Waals surface area contributed by atoms with Gasteiger partial charge in [0.1, 0.15) is 0 Å². The van der Waals surface area contributed by atoms with E-state index in [1.165, 1.54) is 4.57 Å². The van der Waals surface area contributed by atoms with E-state index in [-0.39, 0.29) is 17.3 Å². The third-order valence-electron chi connectivity index (χ3n) is 6.20. The maximum absolute atomic E-state index is 13.6. The van der Waals surface area contributed by atoms with Crippen molar-refractivity contribution in [3.05, 3.63) is 58.3 Å². The van der Waals surface area contributed by atoms with Gasteiger partial charge in [-0.1, -0.05) is 48.5 Å². The predicted molar refractivity (Wildman–Crippen MR) is 125 cm³/mol. The number of Topliss-reactive ketones (excluding diaryl/α,β-unsaturated/α-hetero) is 1. The Labute approximate surface area is 194 Å². The second-order valence-electron chi connectivity index (χ2n) is 8.16. The first-order valence-electron chi connectivity index (χ1n) is 10.6. The molecule has 5 rings (SSSR count). The van der Waals surface area contributed by atoms with E-state index in [0.29, 0.717) is 27.0 Å². The van der Waals surface area contributed by atoms with Gasteiger partial charge >= 0.3 is 0 Å². The molecule has 0 aliphatic heterocycles. The van der Waals surface area contributed by atoms with E-state index < -0.39 is 11.6 Å². The van der Waals surface area contributed by atoms with Crippen LogP contribution in [0.2, 0.25) is 10.0 Å². The molecule has 0 saturated heterocycles. The second-order valence-corrected chi connectivity index (χ2v) is 8.98. The van der Waals surface area contributed by atoms with Gasteiger partial charge in [-0.2, -0.15) is 0 Å². The number of ketones is 1. The van der Waals surface area contributed by atoms with E-state index in [2.05, 4.69) is 9.97 Å². The number of rotatable bonds is 4. The van der Waals surface area contributed by atoms with Gasteiger partial charge < -0.3 is 15.2 Å². The molecule has 1 saturated carbocycles. The van der Waals surface area contributed by atoms with Gasteiger partial charge in [0.25, 0.3) is 0 Å². The third kappa shape index (κ3) is 3.44. The molecule has 2 aromatic heterocycles. The summed E-state index contributed by atoms with van der Waals surface area (Å²) in [5, 5.41) is 22.6. The number of halogens is 2. The molecule has 0 radical (unpaired) electrons. The molecule has 1 aliphatic carbocycles. The summed E-state index contributed by atoms with van der Waals surface area (Å²) in [6.45, 7) is 0. The van der Waals surface area contributed by atoms with Crippen LogP contribution in [0.3, 0.4) is 0 Å². The number of aromatic hydroxyl groups is 2. The summed E-state index contributed by atoms with van der Waals surface area (Å²) in [7, 11) is 0. The first kappa shape index (κ1) is 20.9. The number of imidazole rings is 1. The van der Waals surface area contributed by atoms with Crippen molar-refractivity contribution in [2.45, 2.75) is 32.1 Å². The molecule has 4 aromatic rings. The lowest BCUT2D eigenvalue weighted by molar-refractivity contribution is 0.0887. The number of aromatic nitrogens is 3. The van der Waals surface area contributed by atoms with E-state index in [1.807, 2.05) is 0 Å². The Morgan fingerprint density at radius 2 is 1.81 bits per heavy atom. The van der Waals surface area contributed by atoms with Gasteiger partial charge in [0.15, 0.2) is 11.5 Å². The van der Waals surface area contributed by atoms with E-state index in [1.54, 1.807) is 42.7 Å². The highest BCUT2D eigenvalue weighted by molar-refractivity contribution is 6.42. The summed E-state index contributed by atoms with van der Waals surface area (Å²) in [6, 6.07) is 10.4. The lowest BCUT2D eigenvalue weighted by Gasteiger charge is -2.21. The first-order chi connectivity index (χ1) is 15.5. The molecular weight excluding hydrogens is 449 g/mol. The van der Waals surface area contributed by atoms with Crippen LogP contribution in [0.5, 0.6) is 11.6 Å². The van der Waals surface area contributed by atoms with E-state index in [4.69, 9.17) is 23.2 Å². The molecule has 0 atom stereocenters. The molecule has 2 heterocycles. The van der Waals surface area contributed by atoms with Crippen molar-refractivity contribution in [3.63, 3.8) is 0 Å². The Morgan fingerprint density at radius 1 is 1.03 bits per heavy atom. The summed E-state index contributed by atoms with van der Waals surface area (Å²) >= 11 is 12.4. The SMILES string of the molecule is O=C(c1c(O)c(O)n(-c2ccc3nc[nH]c3c2)c1-c1ccc(Cl)c(Cl)c1)C1CCCCC1. The van der Waals surface area contributed by atoms with Crippen molar-refractivity contribution in [2.75, 3.05) is 0 Å². The lowest BCUT2D eigenvalue weighted by atomic mass is 9.83. The summed E-state index contributed by atoms with van der Waals surface area (Å²) in [5.41, 5.74) is 3.15. The van der Waals surface area contributed by atoms with Crippen molar-refractivity contribution in [2.24, 2.45) is 5.92 Å². The minimum absolute atomic E-state index is 0.109. The van der Waals surface area contributed by atoms with Crippen molar-refractivity contribution in [1.29, 1.82) is 0 Å². The van der Waals surface area contributed by atoms with Crippen LogP contribution in [0, 0.1) is 5.92 Å². The molecule has 32 heavy (non-hydrogen) atoms. The van der Waals surface area contributed by atoms with Crippen LogP contribution in [0.25, 0.3) is 28.0 Å². The van der Waals surface area contributed by atoms with Gasteiger partial charge in [-0.05, 0) is 43.2 Å². The number of nitrogens with zero attached hydrogens (tertiary/aromatic N) is 2. The molecular formula is C24H21Cl2N3O3. The molecule has 1 aliphatic rings. The minimum atomic E-state index is -0.425. The molecule has 1 fully saturated rings. The molecule has 0 unspecified atom stereocenters. The average Bonchev–Trinajstić information content (AvgIpc) is 3.38. The fourth-order valence-electron chi connectivity index (χ4n) is 4.58. The maximum Gasteiger partial charge on any atom is 0.240 e. The molecule has 0 amide bonds. The maximum atomic E-state index is 13.6. The van der Waals surface area contributed by atoms with Crippen LogP contribution in [-0.2, 0) is 0 Å². The Balaban J connectivity index is 1.77. The largest absolute Gasteiger partial charge is 0.503 e. The average molecular weight is 470 g/mol. The predicted octanol–water partition coefficient (Wildman–Crippen LogP) is 6.50. The second kappa shape index (κ2) is 8.19. The number of carbonyl (C=O) groups excluding carboxylic acids is 1. The number of hydrogen-bond acceptors (Lipinski definition) is 4. The van der Waals surface area contributed by atoms with E-state index in [9.17, 15) is 15.0 Å². The molecule has 3 N–H and O–H groups in total. The Hall–Kier alpha value is -2.96. The summed E-state index contributed by atoms with van der Waals surface area (Å²) in [4.78, 5) is 20.8. The fourth-order valence-corrected chi connectivity index (χ4v) is 4.88. The molecule has 6 nitrogen and oxygen atoms in total. The zero-order chi connectivity index (χ0) is 22.4. The van der Waals surface area contributed by atoms with Crippen LogP contribution in [0.1, 0.15) is 42.5 Å². The van der Waals surface area contributed by atoms with Crippen molar-refractivity contribution < 1.29 is 15.0 Å². The number of benzene rings is 2. The first-order valence-corrected chi connectivity index (χ1v) is 11.3. The highest BCUT2D eigenvalue weighted by Crippen LogP contribution is 2.46. The number of aromatic amines is 1. The standard InChI is InChI=1S/C24H21Cl2N3O3/c25-16-8-6-14(10-17(16)26)21-20(22(30)13-4-2-1-3-5-13)23(31)24(32)29(21)15-7-9-18-19(11-15)28-12-27-18/h6-13,31-32H,1-5H2,(H,27,28). The molecule has 2 aromatic carbocycles. The highest BCUT2D eigenvalue weighted by Gasteiger charge is 2.33. The molecule has 0 bridgehead atoms. The van der Waals surface area contributed by atoms with Gasteiger partial charge in [0, 0.05) is 11.5 Å². The third-order valence-corrected chi connectivity index (χ3v) is 6.94. The fraction of sp³-hybridized carbons (Fsp3) is 0.250. The smallest absolute Gasteiger partial charge is 0.240 e. The van der Waals surface area contributed by atoms with Gasteiger partial charge in [0.05, 0.1) is 44.4 Å². The molecule has 164 valence electrons. The van der Waals surface area contributed by atoms with E-state index in [0.717, 1.165) is 43.1 Å². The molecule has 0 spiro atoms. The van der Waals surface area contributed by atoms with Crippen molar-refractivity contribution in [1.82, 2.24) is 14.5 Å². The number of hydrogen-bond donors (Lipinski definition) is 3. The van der Waals surface area contributed by atoms with Crippen molar-refractivity contribution >= 4 is 40.0 Å². The lowest BCUT2D eigenvalue weighted by Crippen LogP contribution is -2.18. The van der Waals surface area contributed by atoms with Crippen LogP contribution in [-0.4, -0.2) is 30.5 Å². The normalized spacial score (nSPS) is 14.8. The Kier molecular flexibility index (Phi) is 5.35. The number of fused-ring (bicyclic) bond motifs is 1. The highest BCUT2D eigenvalue weighted by atomic mass is 35.5. The van der Waals surface area contributed by atoms with Crippen LogP contribution < -0.4 is 0 Å². The van der Waals surface area contributed by atoms with Crippen LogP contribution in [0.15, 0.2) is 42.7 Å². The Bertz CT molecular complexity index is 1340. The van der Waals surface area contributed by atoms with Gasteiger partial charge in [-0.15, -0.1) is 0 Å². The Morgan fingerprint density at radius 3 is 2.56 bits per heavy atom.